The highest BCUT2D eigenvalue weighted by molar-refractivity contribution is 6.33. The first kappa shape index (κ1) is 12.7. The Morgan fingerprint density at radius 2 is 2.35 bits per heavy atom. The Bertz CT molecular complexity index is 389. The average molecular weight is 257 g/mol. The molecule has 2 rings (SSSR count). The Morgan fingerprint density at radius 3 is 3.06 bits per heavy atom. The molecule has 1 aromatic rings. The monoisotopic (exact) mass is 256 g/mol. The molecule has 1 fully saturated rings. The van der Waals surface area contributed by atoms with Gasteiger partial charge in [-0.25, -0.2) is 4.39 Å². The highest BCUT2D eigenvalue weighted by Crippen LogP contribution is 2.25. The molecule has 0 aromatic heterocycles. The fourth-order valence-corrected chi connectivity index (χ4v) is 2.45. The fraction of sp³-hybridized carbons (Fsp3) is 0.538. The van der Waals surface area contributed by atoms with Crippen LogP contribution >= 0.6 is 11.6 Å². The van der Waals surface area contributed by atoms with Crippen molar-refractivity contribution in [2.24, 2.45) is 0 Å². The summed E-state index contributed by atoms with van der Waals surface area (Å²) < 4.78 is 13.4. The Kier molecular flexibility index (Phi) is 4.24. The number of nitrogens with one attached hydrogen (secondary N) is 2. The van der Waals surface area contributed by atoms with Crippen molar-refractivity contribution in [3.63, 3.8) is 0 Å². The average Bonchev–Trinajstić information content (AvgIpc) is 2.78. The van der Waals surface area contributed by atoms with Crippen LogP contribution in [0.2, 0.25) is 5.02 Å². The van der Waals surface area contributed by atoms with Gasteiger partial charge in [-0.3, -0.25) is 0 Å². The summed E-state index contributed by atoms with van der Waals surface area (Å²) in [6.07, 6.45) is 3.54. The first-order valence-corrected chi connectivity index (χ1v) is 6.47. The minimum absolute atomic E-state index is 0.212. The molecule has 0 aliphatic carbocycles. The van der Waals surface area contributed by atoms with E-state index in [1.807, 2.05) is 0 Å². The van der Waals surface area contributed by atoms with Crippen LogP contribution in [0.3, 0.4) is 0 Å². The van der Waals surface area contributed by atoms with E-state index in [4.69, 9.17) is 11.6 Å². The Balaban J connectivity index is 1.87. The van der Waals surface area contributed by atoms with Crippen LogP contribution in [-0.4, -0.2) is 19.1 Å². The maximum atomic E-state index is 13.4. The van der Waals surface area contributed by atoms with Gasteiger partial charge in [-0.1, -0.05) is 11.6 Å². The van der Waals surface area contributed by atoms with Crippen LogP contribution in [0.25, 0.3) is 0 Å². The van der Waals surface area contributed by atoms with Crippen molar-refractivity contribution in [3.05, 3.63) is 28.5 Å². The zero-order chi connectivity index (χ0) is 12.3. The Hall–Kier alpha value is -0.800. The van der Waals surface area contributed by atoms with E-state index in [1.165, 1.54) is 18.9 Å². The van der Waals surface area contributed by atoms with E-state index in [2.05, 4.69) is 10.6 Å². The fourth-order valence-electron chi connectivity index (χ4n) is 2.17. The van der Waals surface area contributed by atoms with Gasteiger partial charge in [0.2, 0.25) is 0 Å². The van der Waals surface area contributed by atoms with E-state index in [9.17, 15) is 4.39 Å². The third kappa shape index (κ3) is 3.33. The van der Waals surface area contributed by atoms with Crippen molar-refractivity contribution in [1.82, 2.24) is 5.32 Å². The summed E-state index contributed by atoms with van der Waals surface area (Å²) in [7, 11) is 0. The maximum Gasteiger partial charge on any atom is 0.128 e. The topological polar surface area (TPSA) is 24.1 Å². The van der Waals surface area contributed by atoms with Crippen molar-refractivity contribution in [2.75, 3.05) is 18.4 Å². The molecule has 0 spiro atoms. The van der Waals surface area contributed by atoms with Gasteiger partial charge in [0.25, 0.3) is 0 Å². The van der Waals surface area contributed by atoms with Gasteiger partial charge in [-0.15, -0.1) is 0 Å². The first-order valence-electron chi connectivity index (χ1n) is 6.09. The van der Waals surface area contributed by atoms with Gasteiger partial charge in [-0.2, -0.15) is 0 Å². The van der Waals surface area contributed by atoms with E-state index in [0.717, 1.165) is 19.5 Å². The zero-order valence-corrected chi connectivity index (χ0v) is 10.8. The summed E-state index contributed by atoms with van der Waals surface area (Å²) in [6, 6.07) is 3.73. The summed E-state index contributed by atoms with van der Waals surface area (Å²) in [6.45, 7) is 3.65. The van der Waals surface area contributed by atoms with Crippen LogP contribution in [-0.2, 0) is 0 Å². The molecule has 0 radical (unpaired) electrons. The number of halogens is 2. The molecular formula is C13H18ClFN2. The lowest BCUT2D eigenvalue weighted by molar-refractivity contribution is 0.574. The second-order valence-electron chi connectivity index (χ2n) is 4.59. The van der Waals surface area contributed by atoms with Crippen LogP contribution in [0.15, 0.2) is 12.1 Å². The molecular weight excluding hydrogens is 239 g/mol. The summed E-state index contributed by atoms with van der Waals surface area (Å²) in [5.74, 6) is -0.212. The standard InChI is InChI=1S/C13H18ClFN2/c1-9-7-11(14)13(8-12(9)15)17-6-4-10-3-2-5-16-10/h7-8,10,16-17H,2-6H2,1H3. The molecule has 1 heterocycles. The number of hydrogen-bond acceptors (Lipinski definition) is 2. The van der Waals surface area contributed by atoms with Gasteiger partial charge < -0.3 is 10.6 Å². The molecule has 0 saturated carbocycles. The smallest absolute Gasteiger partial charge is 0.128 e. The number of rotatable bonds is 4. The lowest BCUT2D eigenvalue weighted by atomic mass is 10.1. The second-order valence-corrected chi connectivity index (χ2v) is 5.00. The number of anilines is 1. The first-order chi connectivity index (χ1) is 8.16. The SMILES string of the molecule is Cc1cc(Cl)c(NCCC2CCCN2)cc1F. The third-order valence-electron chi connectivity index (χ3n) is 3.22. The van der Waals surface area contributed by atoms with E-state index in [-0.39, 0.29) is 5.82 Å². The van der Waals surface area contributed by atoms with Gasteiger partial charge in [0.05, 0.1) is 10.7 Å². The van der Waals surface area contributed by atoms with Crippen LogP contribution in [0.4, 0.5) is 10.1 Å². The molecule has 1 aromatic carbocycles. The predicted octanol–water partition coefficient (Wildman–Crippen LogP) is 3.34. The summed E-state index contributed by atoms with van der Waals surface area (Å²) in [5.41, 5.74) is 1.27. The molecule has 2 N–H and O–H groups in total. The van der Waals surface area contributed by atoms with E-state index < -0.39 is 0 Å². The molecule has 94 valence electrons. The summed E-state index contributed by atoms with van der Waals surface area (Å²) in [5, 5.41) is 7.21. The van der Waals surface area contributed by atoms with Crippen molar-refractivity contribution in [1.29, 1.82) is 0 Å². The maximum absolute atomic E-state index is 13.4. The molecule has 1 atom stereocenters. The molecule has 1 saturated heterocycles. The molecule has 0 amide bonds. The number of aryl methyl sites for hydroxylation is 1. The molecule has 17 heavy (non-hydrogen) atoms. The number of hydrogen-bond donors (Lipinski definition) is 2. The van der Waals surface area contributed by atoms with Gasteiger partial charge in [-0.05, 0) is 50.4 Å². The van der Waals surface area contributed by atoms with Crippen molar-refractivity contribution in [3.8, 4) is 0 Å². The van der Waals surface area contributed by atoms with E-state index >= 15 is 0 Å². The lowest BCUT2D eigenvalue weighted by Crippen LogP contribution is -2.24. The van der Waals surface area contributed by atoms with Crippen LogP contribution in [0, 0.1) is 12.7 Å². The third-order valence-corrected chi connectivity index (χ3v) is 3.53. The van der Waals surface area contributed by atoms with E-state index in [0.29, 0.717) is 22.3 Å². The van der Waals surface area contributed by atoms with Crippen molar-refractivity contribution >= 4 is 17.3 Å². The quantitative estimate of drug-likeness (QED) is 0.863. The summed E-state index contributed by atoms with van der Waals surface area (Å²) >= 11 is 6.05. The Labute approximate surface area is 107 Å². The predicted molar refractivity (Wildman–Crippen MR) is 70.3 cm³/mol. The van der Waals surface area contributed by atoms with Crippen molar-refractivity contribution in [2.45, 2.75) is 32.2 Å². The number of benzene rings is 1. The molecule has 0 bridgehead atoms. The van der Waals surface area contributed by atoms with Crippen LogP contribution < -0.4 is 10.6 Å². The second kappa shape index (κ2) is 5.69. The van der Waals surface area contributed by atoms with Crippen LogP contribution in [0.5, 0.6) is 0 Å². The van der Waals surface area contributed by atoms with Gasteiger partial charge >= 0.3 is 0 Å². The van der Waals surface area contributed by atoms with Crippen molar-refractivity contribution < 1.29 is 4.39 Å². The lowest BCUT2D eigenvalue weighted by Gasteiger charge is -2.13. The molecule has 1 aliphatic rings. The normalized spacial score (nSPS) is 19.6. The van der Waals surface area contributed by atoms with Crippen LogP contribution in [0.1, 0.15) is 24.8 Å². The largest absolute Gasteiger partial charge is 0.384 e. The molecule has 2 nitrogen and oxygen atoms in total. The molecule has 1 unspecified atom stereocenters. The minimum atomic E-state index is -0.212. The van der Waals surface area contributed by atoms with Gasteiger partial charge in [0.1, 0.15) is 5.82 Å². The van der Waals surface area contributed by atoms with Gasteiger partial charge in [0.15, 0.2) is 0 Å². The molecule has 1 aliphatic heterocycles. The zero-order valence-electron chi connectivity index (χ0n) is 10.0. The molecule has 4 heteroatoms. The Morgan fingerprint density at radius 1 is 1.53 bits per heavy atom. The van der Waals surface area contributed by atoms with Gasteiger partial charge in [0, 0.05) is 12.6 Å². The van der Waals surface area contributed by atoms with E-state index in [1.54, 1.807) is 13.0 Å². The highest BCUT2D eigenvalue weighted by Gasteiger charge is 2.13. The summed E-state index contributed by atoms with van der Waals surface area (Å²) in [4.78, 5) is 0. The highest BCUT2D eigenvalue weighted by atomic mass is 35.5. The minimum Gasteiger partial charge on any atom is -0.384 e.